The van der Waals surface area contributed by atoms with Crippen LogP contribution >= 0.6 is 15.9 Å². The zero-order chi connectivity index (χ0) is 10.1. The number of halogens is 1. The summed E-state index contributed by atoms with van der Waals surface area (Å²) in [5, 5.41) is 11.8. The topological polar surface area (TPSA) is 89.4 Å². The summed E-state index contributed by atoms with van der Waals surface area (Å²) in [7, 11) is 0. The van der Waals surface area contributed by atoms with E-state index in [0.29, 0.717) is 10.2 Å². The summed E-state index contributed by atoms with van der Waals surface area (Å²) >= 11 is 3.11. The quantitative estimate of drug-likeness (QED) is 0.884. The van der Waals surface area contributed by atoms with Gasteiger partial charge in [-0.2, -0.15) is 4.98 Å². The third-order valence-electron chi connectivity index (χ3n) is 1.47. The molecule has 0 fully saturated rings. The Morgan fingerprint density at radius 3 is 2.86 bits per heavy atom. The van der Waals surface area contributed by atoms with Crippen LogP contribution in [-0.2, 0) is 0 Å². The van der Waals surface area contributed by atoms with Gasteiger partial charge in [0.15, 0.2) is 4.67 Å². The molecular weight excluding hydrogens is 256 g/mol. The smallest absolute Gasteiger partial charge is 0.377 e. The molecule has 2 heterocycles. The number of carbonyl (C=O) groups is 1. The normalized spacial score (nSPS) is 10.4. The molecule has 7 heteroatoms. The molecule has 0 bridgehead atoms. The fourth-order valence-corrected chi connectivity index (χ4v) is 1.28. The molecule has 0 aliphatic heterocycles. The minimum Gasteiger partial charge on any atom is -0.475 e. The van der Waals surface area contributed by atoms with E-state index in [4.69, 9.17) is 14.0 Å². The molecule has 0 saturated carbocycles. The second-order valence-corrected chi connectivity index (χ2v) is 3.06. The molecule has 0 aliphatic rings. The first-order valence-electron chi connectivity index (χ1n) is 3.49. The molecule has 0 spiro atoms. The van der Waals surface area contributed by atoms with Gasteiger partial charge >= 0.3 is 5.97 Å². The molecule has 2 aromatic rings. The van der Waals surface area contributed by atoms with Crippen molar-refractivity contribution >= 4 is 21.9 Å². The minimum absolute atomic E-state index is 0.100. The number of hydrogen-bond donors (Lipinski definition) is 1. The van der Waals surface area contributed by atoms with E-state index in [1.54, 1.807) is 6.07 Å². The van der Waals surface area contributed by atoms with E-state index in [9.17, 15) is 4.79 Å². The molecule has 0 aromatic carbocycles. The molecule has 72 valence electrons. The Labute approximate surface area is 85.7 Å². The highest BCUT2D eigenvalue weighted by Crippen LogP contribution is 2.27. The number of aromatic nitrogens is 2. The van der Waals surface area contributed by atoms with E-state index in [2.05, 4.69) is 26.1 Å². The maximum atomic E-state index is 10.4. The van der Waals surface area contributed by atoms with Crippen molar-refractivity contribution in [2.45, 2.75) is 0 Å². The minimum atomic E-state index is -1.24. The van der Waals surface area contributed by atoms with E-state index in [-0.39, 0.29) is 11.7 Å². The summed E-state index contributed by atoms with van der Waals surface area (Å²) < 4.78 is 10.1. The maximum absolute atomic E-state index is 10.4. The number of aromatic carboxylic acids is 1. The van der Waals surface area contributed by atoms with E-state index in [0.717, 1.165) is 0 Å². The predicted octanol–water partition coefficient (Wildman–Crippen LogP) is 1.79. The van der Waals surface area contributed by atoms with Crippen molar-refractivity contribution in [3.63, 3.8) is 0 Å². The number of rotatable bonds is 2. The van der Waals surface area contributed by atoms with E-state index in [1.165, 1.54) is 6.26 Å². The highest BCUT2D eigenvalue weighted by molar-refractivity contribution is 9.10. The Balaban J connectivity index is 2.43. The van der Waals surface area contributed by atoms with Crippen molar-refractivity contribution in [1.29, 1.82) is 0 Å². The number of hydrogen-bond acceptors (Lipinski definition) is 5. The number of carboxylic acids is 1. The Bertz CT molecular complexity index is 475. The molecule has 0 atom stereocenters. The number of nitrogens with zero attached hydrogens (tertiary/aromatic N) is 2. The molecule has 14 heavy (non-hydrogen) atoms. The van der Waals surface area contributed by atoms with Gasteiger partial charge in [-0.05, 0) is 27.2 Å². The van der Waals surface area contributed by atoms with Crippen molar-refractivity contribution in [3.8, 4) is 11.5 Å². The summed E-state index contributed by atoms with van der Waals surface area (Å²) in [6.07, 6.45) is 1.42. The molecule has 0 aliphatic carbocycles. The van der Waals surface area contributed by atoms with Gasteiger partial charge in [-0.15, -0.1) is 0 Å². The molecule has 0 saturated heterocycles. The lowest BCUT2D eigenvalue weighted by molar-refractivity contribution is 0.0680. The van der Waals surface area contributed by atoms with Crippen LogP contribution in [0.1, 0.15) is 10.6 Å². The molecule has 0 radical (unpaired) electrons. The van der Waals surface area contributed by atoms with Crippen molar-refractivity contribution in [2.24, 2.45) is 0 Å². The van der Waals surface area contributed by atoms with Crippen LogP contribution in [0.2, 0.25) is 0 Å². The second kappa shape index (κ2) is 3.26. The van der Waals surface area contributed by atoms with Gasteiger partial charge in [0, 0.05) is 0 Å². The van der Waals surface area contributed by atoms with Crippen molar-refractivity contribution in [1.82, 2.24) is 10.1 Å². The zero-order valence-electron chi connectivity index (χ0n) is 6.60. The van der Waals surface area contributed by atoms with Crippen LogP contribution in [-0.4, -0.2) is 21.2 Å². The van der Waals surface area contributed by atoms with Crippen molar-refractivity contribution < 1.29 is 18.8 Å². The summed E-state index contributed by atoms with van der Waals surface area (Å²) in [4.78, 5) is 14.1. The molecule has 0 unspecified atom stereocenters. The van der Waals surface area contributed by atoms with E-state index in [1.807, 2.05) is 0 Å². The monoisotopic (exact) mass is 258 g/mol. The SMILES string of the molecule is O=C(O)c1noc(-c2ccoc2Br)n1. The Hall–Kier alpha value is -1.63. The fraction of sp³-hybridized carbons (Fsp3) is 0. The van der Waals surface area contributed by atoms with Crippen LogP contribution < -0.4 is 0 Å². The first-order chi connectivity index (χ1) is 6.68. The van der Waals surface area contributed by atoms with Gasteiger partial charge in [-0.25, -0.2) is 4.79 Å². The van der Waals surface area contributed by atoms with Crippen LogP contribution in [0.5, 0.6) is 0 Å². The molecule has 2 aromatic heterocycles. The van der Waals surface area contributed by atoms with Crippen LogP contribution in [0.25, 0.3) is 11.5 Å². The summed E-state index contributed by atoms with van der Waals surface area (Å²) in [6.45, 7) is 0. The molecule has 0 amide bonds. The molecular formula is C7H3BrN2O4. The average molecular weight is 259 g/mol. The standard InChI is InChI=1S/C7H3BrN2O4/c8-4-3(1-2-13-4)6-9-5(7(11)12)10-14-6/h1-2H,(H,11,12). The lowest BCUT2D eigenvalue weighted by Gasteiger charge is -1.85. The second-order valence-electron chi connectivity index (χ2n) is 2.34. The average Bonchev–Trinajstić information content (AvgIpc) is 2.71. The molecule has 6 nitrogen and oxygen atoms in total. The van der Waals surface area contributed by atoms with Crippen LogP contribution in [0.15, 0.2) is 25.9 Å². The Kier molecular flexibility index (Phi) is 2.08. The lowest BCUT2D eigenvalue weighted by atomic mass is 10.3. The molecule has 1 N–H and O–H groups in total. The number of furan rings is 1. The lowest BCUT2D eigenvalue weighted by Crippen LogP contribution is -1.98. The highest BCUT2D eigenvalue weighted by Gasteiger charge is 2.17. The van der Waals surface area contributed by atoms with Gasteiger partial charge in [0.1, 0.15) is 0 Å². The number of carboxylic acid groups (broad SMARTS) is 1. The summed E-state index contributed by atoms with van der Waals surface area (Å²) in [5.74, 6) is -1.52. The summed E-state index contributed by atoms with van der Waals surface area (Å²) in [6, 6.07) is 1.59. The Morgan fingerprint density at radius 1 is 1.57 bits per heavy atom. The van der Waals surface area contributed by atoms with Gasteiger partial charge < -0.3 is 14.0 Å². The van der Waals surface area contributed by atoms with Crippen molar-refractivity contribution in [3.05, 3.63) is 22.8 Å². The maximum Gasteiger partial charge on any atom is 0.377 e. The largest absolute Gasteiger partial charge is 0.475 e. The van der Waals surface area contributed by atoms with Gasteiger partial charge in [0.25, 0.3) is 11.7 Å². The van der Waals surface area contributed by atoms with Crippen LogP contribution in [0.4, 0.5) is 0 Å². The van der Waals surface area contributed by atoms with Gasteiger partial charge in [0.05, 0.1) is 11.8 Å². The van der Waals surface area contributed by atoms with Crippen LogP contribution in [0, 0.1) is 0 Å². The van der Waals surface area contributed by atoms with Gasteiger partial charge in [-0.1, -0.05) is 0 Å². The third-order valence-corrected chi connectivity index (χ3v) is 2.08. The Morgan fingerprint density at radius 2 is 2.36 bits per heavy atom. The fourth-order valence-electron chi connectivity index (χ4n) is 0.866. The third kappa shape index (κ3) is 1.41. The van der Waals surface area contributed by atoms with E-state index < -0.39 is 5.97 Å². The van der Waals surface area contributed by atoms with Gasteiger partial charge in [0.2, 0.25) is 0 Å². The zero-order valence-corrected chi connectivity index (χ0v) is 8.19. The van der Waals surface area contributed by atoms with Crippen LogP contribution in [0.3, 0.4) is 0 Å². The highest BCUT2D eigenvalue weighted by atomic mass is 79.9. The predicted molar refractivity (Wildman–Crippen MR) is 46.7 cm³/mol. The first-order valence-corrected chi connectivity index (χ1v) is 4.28. The first kappa shape index (κ1) is 8.95. The van der Waals surface area contributed by atoms with Gasteiger partial charge in [-0.3, -0.25) is 0 Å². The molecule has 2 rings (SSSR count). The van der Waals surface area contributed by atoms with E-state index >= 15 is 0 Å². The summed E-state index contributed by atoms with van der Waals surface area (Å²) in [5.41, 5.74) is 0.519. The van der Waals surface area contributed by atoms with Crippen molar-refractivity contribution in [2.75, 3.05) is 0 Å².